The summed E-state index contributed by atoms with van der Waals surface area (Å²) in [6.45, 7) is 3.70. The van der Waals surface area contributed by atoms with Gasteiger partial charge in [0.15, 0.2) is 6.10 Å². The van der Waals surface area contributed by atoms with E-state index in [0.717, 1.165) is 22.9 Å². The van der Waals surface area contributed by atoms with Gasteiger partial charge < -0.3 is 9.47 Å². The van der Waals surface area contributed by atoms with Crippen molar-refractivity contribution in [2.24, 2.45) is 5.10 Å². The maximum Gasteiger partial charge on any atom is 0.346 e. The Labute approximate surface area is 188 Å². The van der Waals surface area contributed by atoms with Crippen molar-refractivity contribution in [2.75, 3.05) is 7.11 Å². The third kappa shape index (κ3) is 5.58. The van der Waals surface area contributed by atoms with Gasteiger partial charge in [0.1, 0.15) is 11.6 Å². The molecule has 31 heavy (non-hydrogen) atoms. The lowest BCUT2D eigenvalue weighted by Gasteiger charge is -2.12. The number of hydrogen-bond acceptors (Lipinski definition) is 6. The van der Waals surface area contributed by atoms with Crippen molar-refractivity contribution >= 4 is 39.0 Å². The summed E-state index contributed by atoms with van der Waals surface area (Å²) in [6.07, 6.45) is 3.38. The van der Waals surface area contributed by atoms with Crippen LogP contribution in [0, 0.1) is 0 Å². The van der Waals surface area contributed by atoms with E-state index in [-0.39, 0.29) is 5.56 Å². The van der Waals surface area contributed by atoms with Crippen LogP contribution < -0.4 is 10.3 Å². The largest absolute Gasteiger partial charge is 0.479 e. The molecule has 0 radical (unpaired) electrons. The molecule has 0 bridgehead atoms. The van der Waals surface area contributed by atoms with E-state index in [1.807, 2.05) is 18.2 Å². The quantitative estimate of drug-likeness (QED) is 0.350. The summed E-state index contributed by atoms with van der Waals surface area (Å²) in [5, 5.41) is 4.93. The number of unbranched alkanes of at least 4 members (excludes halogenated alkanes) is 1. The molecule has 0 aliphatic heterocycles. The molecule has 0 saturated heterocycles. The van der Waals surface area contributed by atoms with Gasteiger partial charge in [-0.1, -0.05) is 41.4 Å². The number of carbonyl (C=O) groups excluding carboxylic acids is 1. The number of fused-ring (bicyclic) bond motifs is 1. The molecule has 3 rings (SSSR count). The first kappa shape index (κ1) is 22.7. The molecule has 8 heteroatoms. The second-order valence-corrected chi connectivity index (χ2v) is 7.93. The molecule has 0 aliphatic carbocycles. The van der Waals surface area contributed by atoms with Crippen LogP contribution in [0.15, 0.2) is 56.8 Å². The van der Waals surface area contributed by atoms with Gasteiger partial charge in [-0.2, -0.15) is 9.78 Å². The molecule has 7 nitrogen and oxygen atoms in total. The van der Waals surface area contributed by atoms with Gasteiger partial charge in [-0.25, -0.2) is 9.78 Å². The molecule has 0 N–H and O–H groups in total. The van der Waals surface area contributed by atoms with Gasteiger partial charge in [-0.3, -0.25) is 4.79 Å². The van der Waals surface area contributed by atoms with Crippen molar-refractivity contribution in [1.29, 1.82) is 0 Å². The zero-order valence-corrected chi connectivity index (χ0v) is 19.3. The number of hydrogen-bond donors (Lipinski definition) is 0. The van der Waals surface area contributed by atoms with E-state index in [2.05, 4.69) is 37.7 Å². The molecule has 0 saturated carbocycles. The van der Waals surface area contributed by atoms with Crippen molar-refractivity contribution in [3.8, 4) is 5.75 Å². The smallest absolute Gasteiger partial charge is 0.346 e. The Balaban J connectivity index is 1.96. The first-order valence-corrected chi connectivity index (χ1v) is 10.8. The maximum atomic E-state index is 13.1. The summed E-state index contributed by atoms with van der Waals surface area (Å²) in [5.41, 5.74) is 1.15. The molecule has 162 valence electrons. The standard InChI is InChI=1S/C23H24BrN3O4/c1-4-5-9-21-26-20-11-10-17(24)13-19(20)22(28)27(21)25-14-16-7-6-8-18(12-16)31-15(2)23(29)30-3/h6-8,10-15H,4-5,9H2,1-3H3/t15-/m1/s1. The van der Waals surface area contributed by atoms with Gasteiger partial charge in [0.05, 0.1) is 24.2 Å². The second kappa shape index (κ2) is 10.3. The van der Waals surface area contributed by atoms with E-state index in [0.29, 0.717) is 28.9 Å². The monoisotopic (exact) mass is 485 g/mol. The summed E-state index contributed by atoms with van der Waals surface area (Å²) < 4.78 is 12.5. The molecule has 0 fully saturated rings. The normalized spacial score (nSPS) is 12.3. The third-order valence-electron chi connectivity index (χ3n) is 4.66. The van der Waals surface area contributed by atoms with Gasteiger partial charge in [0, 0.05) is 10.9 Å². The van der Waals surface area contributed by atoms with Crippen LogP contribution in [-0.4, -0.2) is 35.1 Å². The Morgan fingerprint density at radius 1 is 1.29 bits per heavy atom. The van der Waals surface area contributed by atoms with Crippen molar-refractivity contribution in [3.05, 3.63) is 68.7 Å². The van der Waals surface area contributed by atoms with Crippen molar-refractivity contribution in [3.63, 3.8) is 0 Å². The number of aromatic nitrogens is 2. The molecule has 1 atom stereocenters. The number of carbonyl (C=O) groups is 1. The third-order valence-corrected chi connectivity index (χ3v) is 5.15. The summed E-state index contributed by atoms with van der Waals surface area (Å²) in [4.78, 5) is 29.4. The molecule has 0 spiro atoms. The Bertz CT molecular complexity index is 1170. The average Bonchev–Trinajstić information content (AvgIpc) is 2.77. The summed E-state index contributed by atoms with van der Waals surface area (Å²) in [7, 11) is 1.31. The van der Waals surface area contributed by atoms with Gasteiger partial charge in [-0.15, -0.1) is 0 Å². The van der Waals surface area contributed by atoms with E-state index < -0.39 is 12.1 Å². The number of halogens is 1. The minimum Gasteiger partial charge on any atom is -0.479 e. The predicted octanol–water partition coefficient (Wildman–Crippen LogP) is 4.32. The number of nitrogens with zero attached hydrogens (tertiary/aromatic N) is 3. The van der Waals surface area contributed by atoms with Crippen LogP contribution in [0.3, 0.4) is 0 Å². The summed E-state index contributed by atoms with van der Waals surface area (Å²) in [5.74, 6) is 0.658. The van der Waals surface area contributed by atoms with Gasteiger partial charge >= 0.3 is 5.97 Å². The fourth-order valence-corrected chi connectivity index (χ4v) is 3.38. The van der Waals surface area contributed by atoms with Gasteiger partial charge in [0.25, 0.3) is 5.56 Å². The molecule has 0 unspecified atom stereocenters. The highest BCUT2D eigenvalue weighted by Gasteiger charge is 2.15. The van der Waals surface area contributed by atoms with Crippen LogP contribution in [0.25, 0.3) is 10.9 Å². The number of ether oxygens (including phenoxy) is 2. The maximum absolute atomic E-state index is 13.1. The Hall–Kier alpha value is -3.00. The Morgan fingerprint density at radius 3 is 2.84 bits per heavy atom. The minimum atomic E-state index is -0.733. The van der Waals surface area contributed by atoms with Gasteiger partial charge in [-0.05, 0) is 49.2 Å². The lowest BCUT2D eigenvalue weighted by Crippen LogP contribution is -2.24. The van der Waals surface area contributed by atoms with E-state index in [9.17, 15) is 9.59 Å². The number of esters is 1. The highest BCUT2D eigenvalue weighted by Crippen LogP contribution is 2.17. The Kier molecular flexibility index (Phi) is 7.57. The first-order valence-electron chi connectivity index (χ1n) is 10.0. The highest BCUT2D eigenvalue weighted by atomic mass is 79.9. The highest BCUT2D eigenvalue weighted by molar-refractivity contribution is 9.10. The van der Waals surface area contributed by atoms with E-state index in [1.165, 1.54) is 11.8 Å². The fourth-order valence-electron chi connectivity index (χ4n) is 3.02. The molecule has 2 aromatic carbocycles. The average molecular weight is 486 g/mol. The molecule has 3 aromatic rings. The van der Waals surface area contributed by atoms with Gasteiger partial charge in [0.2, 0.25) is 0 Å². The van der Waals surface area contributed by atoms with E-state index >= 15 is 0 Å². The fraction of sp³-hybridized carbons (Fsp3) is 0.304. The summed E-state index contributed by atoms with van der Waals surface area (Å²) >= 11 is 3.41. The zero-order valence-electron chi connectivity index (χ0n) is 17.7. The SMILES string of the molecule is CCCCc1nc2ccc(Br)cc2c(=O)n1N=Cc1cccc(O[C@H](C)C(=O)OC)c1. The van der Waals surface area contributed by atoms with Crippen LogP contribution in [0.1, 0.15) is 38.1 Å². The van der Waals surface area contributed by atoms with E-state index in [1.54, 1.807) is 37.4 Å². The van der Waals surface area contributed by atoms with Crippen LogP contribution in [-0.2, 0) is 16.0 Å². The lowest BCUT2D eigenvalue weighted by atomic mass is 10.2. The number of benzene rings is 2. The lowest BCUT2D eigenvalue weighted by molar-refractivity contribution is -0.147. The van der Waals surface area contributed by atoms with E-state index in [4.69, 9.17) is 4.74 Å². The van der Waals surface area contributed by atoms with Crippen LogP contribution in [0.5, 0.6) is 5.75 Å². The number of methoxy groups -OCH3 is 1. The second-order valence-electron chi connectivity index (χ2n) is 7.01. The minimum absolute atomic E-state index is 0.222. The van der Waals surface area contributed by atoms with Crippen molar-refractivity contribution < 1.29 is 14.3 Å². The zero-order chi connectivity index (χ0) is 22.4. The number of aryl methyl sites for hydroxylation is 1. The molecule has 0 aliphatic rings. The van der Waals surface area contributed by atoms with Crippen molar-refractivity contribution in [1.82, 2.24) is 9.66 Å². The molecule has 1 aromatic heterocycles. The summed E-state index contributed by atoms with van der Waals surface area (Å²) in [6, 6.07) is 12.6. The van der Waals surface area contributed by atoms with Crippen LogP contribution >= 0.6 is 15.9 Å². The molecule has 0 amide bonds. The van der Waals surface area contributed by atoms with Crippen LogP contribution in [0.4, 0.5) is 0 Å². The van der Waals surface area contributed by atoms with Crippen molar-refractivity contribution in [2.45, 2.75) is 39.2 Å². The Morgan fingerprint density at radius 2 is 2.10 bits per heavy atom. The molecular weight excluding hydrogens is 462 g/mol. The topological polar surface area (TPSA) is 82.8 Å². The molecular formula is C23H24BrN3O4. The predicted molar refractivity (Wildman–Crippen MR) is 124 cm³/mol. The number of rotatable bonds is 8. The first-order chi connectivity index (χ1) is 14.9. The molecule has 1 heterocycles. The van der Waals surface area contributed by atoms with Crippen LogP contribution in [0.2, 0.25) is 0 Å².